The Bertz CT molecular complexity index is 1160. The molecule has 0 aliphatic rings. The maximum atomic E-state index is 12.7. The highest BCUT2D eigenvalue weighted by atomic mass is 16.5. The average Bonchev–Trinajstić information content (AvgIpc) is 2.67. The third-order valence-corrected chi connectivity index (χ3v) is 4.23. The Morgan fingerprint density at radius 1 is 0.920 bits per heavy atom. The zero-order valence-corrected chi connectivity index (χ0v) is 13.5. The second kappa shape index (κ2) is 5.91. The highest BCUT2D eigenvalue weighted by Crippen LogP contribution is 2.32. The molecular formula is C21H14O4. The molecule has 0 aliphatic heterocycles. The maximum absolute atomic E-state index is 12.7. The molecule has 0 amide bonds. The standard InChI is InChI=1S/C21H14O4/c1-24-20(22)14-11-16(13-7-3-2-4-8-13)19-17(12-14)15-9-5-6-10-18(15)25-21(19)23/h2-12H,1H3. The molecule has 4 aromatic rings. The average molecular weight is 330 g/mol. The van der Waals surface area contributed by atoms with Gasteiger partial charge in [-0.1, -0.05) is 48.5 Å². The van der Waals surface area contributed by atoms with Crippen LogP contribution in [0.1, 0.15) is 10.4 Å². The summed E-state index contributed by atoms with van der Waals surface area (Å²) in [4.78, 5) is 24.8. The number of methoxy groups -OCH3 is 1. The number of benzene rings is 3. The topological polar surface area (TPSA) is 56.5 Å². The van der Waals surface area contributed by atoms with Crippen molar-refractivity contribution in [3.8, 4) is 11.1 Å². The van der Waals surface area contributed by atoms with E-state index in [4.69, 9.17) is 9.15 Å². The van der Waals surface area contributed by atoms with Gasteiger partial charge in [0.05, 0.1) is 18.1 Å². The summed E-state index contributed by atoms with van der Waals surface area (Å²) in [5.41, 5.74) is 1.94. The SMILES string of the molecule is COC(=O)c1cc(-c2ccccc2)c2c(=O)oc3ccccc3c2c1. The molecule has 0 N–H and O–H groups in total. The predicted molar refractivity (Wildman–Crippen MR) is 96.8 cm³/mol. The van der Waals surface area contributed by atoms with Gasteiger partial charge in [0, 0.05) is 10.8 Å². The van der Waals surface area contributed by atoms with Crippen LogP contribution in [-0.4, -0.2) is 13.1 Å². The van der Waals surface area contributed by atoms with Crippen molar-refractivity contribution in [2.75, 3.05) is 7.11 Å². The minimum atomic E-state index is -0.448. The Kier molecular flexibility index (Phi) is 3.58. The highest BCUT2D eigenvalue weighted by Gasteiger charge is 2.17. The summed E-state index contributed by atoms with van der Waals surface area (Å²) in [5.74, 6) is -0.448. The molecule has 0 aliphatic carbocycles. The van der Waals surface area contributed by atoms with Crippen LogP contribution in [0.2, 0.25) is 0 Å². The third-order valence-electron chi connectivity index (χ3n) is 4.23. The van der Waals surface area contributed by atoms with Gasteiger partial charge in [0.2, 0.25) is 0 Å². The minimum absolute atomic E-state index is 0.393. The molecule has 3 aromatic carbocycles. The molecule has 25 heavy (non-hydrogen) atoms. The second-order valence-electron chi connectivity index (χ2n) is 5.69. The second-order valence-corrected chi connectivity index (χ2v) is 5.69. The van der Waals surface area contributed by atoms with Gasteiger partial charge in [0.15, 0.2) is 0 Å². The maximum Gasteiger partial charge on any atom is 0.344 e. The van der Waals surface area contributed by atoms with E-state index in [2.05, 4.69) is 0 Å². The van der Waals surface area contributed by atoms with E-state index in [1.165, 1.54) is 7.11 Å². The molecule has 0 unspecified atom stereocenters. The van der Waals surface area contributed by atoms with E-state index in [0.717, 1.165) is 10.9 Å². The van der Waals surface area contributed by atoms with Crippen LogP contribution in [0.3, 0.4) is 0 Å². The minimum Gasteiger partial charge on any atom is -0.465 e. The number of carbonyl (C=O) groups is 1. The molecule has 4 nitrogen and oxygen atoms in total. The van der Waals surface area contributed by atoms with Crippen molar-refractivity contribution >= 4 is 27.7 Å². The molecule has 0 atom stereocenters. The third kappa shape index (κ3) is 2.48. The van der Waals surface area contributed by atoms with Crippen LogP contribution in [0, 0.1) is 0 Å². The summed E-state index contributed by atoms with van der Waals surface area (Å²) in [5, 5.41) is 1.91. The van der Waals surface area contributed by atoms with E-state index < -0.39 is 11.6 Å². The van der Waals surface area contributed by atoms with Crippen molar-refractivity contribution < 1.29 is 13.9 Å². The number of esters is 1. The smallest absolute Gasteiger partial charge is 0.344 e. The Labute approximate surface area is 143 Å². The van der Waals surface area contributed by atoms with Crippen LogP contribution in [0.4, 0.5) is 0 Å². The van der Waals surface area contributed by atoms with Crippen LogP contribution < -0.4 is 5.63 Å². The molecule has 0 saturated carbocycles. The fraction of sp³-hybridized carbons (Fsp3) is 0.0476. The van der Waals surface area contributed by atoms with E-state index in [-0.39, 0.29) is 0 Å². The molecular weight excluding hydrogens is 316 g/mol. The number of fused-ring (bicyclic) bond motifs is 3. The number of hydrogen-bond donors (Lipinski definition) is 0. The van der Waals surface area contributed by atoms with Gasteiger partial charge in [-0.15, -0.1) is 0 Å². The molecule has 0 spiro atoms. The Hall–Kier alpha value is -3.40. The molecule has 122 valence electrons. The largest absolute Gasteiger partial charge is 0.465 e. The first-order valence-corrected chi connectivity index (χ1v) is 7.82. The predicted octanol–water partition coefficient (Wildman–Crippen LogP) is 4.40. The summed E-state index contributed by atoms with van der Waals surface area (Å²) in [6.07, 6.45) is 0. The van der Waals surface area contributed by atoms with Crippen molar-refractivity contribution in [2.45, 2.75) is 0 Å². The lowest BCUT2D eigenvalue weighted by molar-refractivity contribution is 0.0601. The van der Waals surface area contributed by atoms with Gasteiger partial charge in [-0.25, -0.2) is 9.59 Å². The summed E-state index contributed by atoms with van der Waals surface area (Å²) in [6, 6.07) is 20.1. The van der Waals surface area contributed by atoms with E-state index >= 15 is 0 Å². The monoisotopic (exact) mass is 330 g/mol. The van der Waals surface area contributed by atoms with Crippen molar-refractivity contribution in [1.82, 2.24) is 0 Å². The Morgan fingerprint density at radius 2 is 1.64 bits per heavy atom. The van der Waals surface area contributed by atoms with Crippen molar-refractivity contribution in [3.05, 3.63) is 82.7 Å². The van der Waals surface area contributed by atoms with Gasteiger partial charge >= 0.3 is 11.6 Å². The fourth-order valence-electron chi connectivity index (χ4n) is 3.08. The van der Waals surface area contributed by atoms with Gasteiger partial charge < -0.3 is 9.15 Å². The molecule has 0 radical (unpaired) electrons. The van der Waals surface area contributed by atoms with Gasteiger partial charge in [-0.2, -0.15) is 0 Å². The first kappa shape index (κ1) is 15.1. The van der Waals surface area contributed by atoms with E-state index in [1.54, 1.807) is 24.3 Å². The van der Waals surface area contributed by atoms with Crippen molar-refractivity contribution in [1.29, 1.82) is 0 Å². The molecule has 0 bridgehead atoms. The summed E-state index contributed by atoms with van der Waals surface area (Å²) < 4.78 is 10.4. The van der Waals surface area contributed by atoms with Crippen molar-refractivity contribution in [2.24, 2.45) is 0 Å². The molecule has 0 saturated heterocycles. The van der Waals surface area contributed by atoms with Crippen LogP contribution >= 0.6 is 0 Å². The molecule has 0 fully saturated rings. The van der Waals surface area contributed by atoms with E-state index in [0.29, 0.717) is 27.5 Å². The number of ether oxygens (including phenoxy) is 1. The number of carbonyl (C=O) groups excluding carboxylic acids is 1. The van der Waals surface area contributed by atoms with Crippen LogP contribution in [0.5, 0.6) is 0 Å². The van der Waals surface area contributed by atoms with Crippen molar-refractivity contribution in [3.63, 3.8) is 0 Å². The van der Waals surface area contributed by atoms with Gasteiger partial charge in [-0.3, -0.25) is 0 Å². The molecule has 4 rings (SSSR count). The Balaban J connectivity index is 2.21. The quantitative estimate of drug-likeness (QED) is 0.310. The van der Waals surface area contributed by atoms with Crippen LogP contribution in [0.15, 0.2) is 75.9 Å². The van der Waals surface area contributed by atoms with Gasteiger partial charge in [0.1, 0.15) is 5.58 Å². The normalized spacial score (nSPS) is 10.9. The molecule has 1 aromatic heterocycles. The fourth-order valence-corrected chi connectivity index (χ4v) is 3.08. The zero-order chi connectivity index (χ0) is 17.4. The molecule has 1 heterocycles. The summed E-state index contributed by atoms with van der Waals surface area (Å²) >= 11 is 0. The van der Waals surface area contributed by atoms with E-state index in [9.17, 15) is 9.59 Å². The summed E-state index contributed by atoms with van der Waals surface area (Å²) in [7, 11) is 1.34. The molecule has 4 heteroatoms. The number of hydrogen-bond acceptors (Lipinski definition) is 4. The van der Waals surface area contributed by atoms with E-state index in [1.807, 2.05) is 42.5 Å². The first-order chi connectivity index (χ1) is 12.2. The van der Waals surface area contributed by atoms with Gasteiger partial charge in [0.25, 0.3) is 0 Å². The highest BCUT2D eigenvalue weighted by molar-refractivity contribution is 6.12. The Morgan fingerprint density at radius 3 is 2.40 bits per heavy atom. The van der Waals surface area contributed by atoms with Crippen LogP contribution in [0.25, 0.3) is 32.9 Å². The lowest BCUT2D eigenvalue weighted by atomic mass is 9.95. The lowest BCUT2D eigenvalue weighted by Crippen LogP contribution is -2.06. The van der Waals surface area contributed by atoms with Gasteiger partial charge in [-0.05, 0) is 29.3 Å². The summed E-state index contributed by atoms with van der Waals surface area (Å²) in [6.45, 7) is 0. The number of para-hydroxylation sites is 1. The van der Waals surface area contributed by atoms with Crippen LogP contribution in [-0.2, 0) is 4.74 Å². The number of rotatable bonds is 2. The lowest BCUT2D eigenvalue weighted by Gasteiger charge is -2.10. The first-order valence-electron chi connectivity index (χ1n) is 7.82. The zero-order valence-electron chi connectivity index (χ0n) is 13.5.